The predicted molar refractivity (Wildman–Crippen MR) is 131 cm³/mol. The molecule has 0 unspecified atom stereocenters. The van der Waals surface area contributed by atoms with Gasteiger partial charge in [-0.05, 0) is 47.9 Å². The molecule has 0 saturated heterocycles. The lowest BCUT2D eigenvalue weighted by Gasteiger charge is -2.26. The average molecular weight is 487 g/mol. The van der Waals surface area contributed by atoms with Gasteiger partial charge in [-0.2, -0.15) is 0 Å². The Hall–Kier alpha value is -3.36. The van der Waals surface area contributed by atoms with Gasteiger partial charge in [-0.15, -0.1) is 0 Å². The number of benzene rings is 3. The van der Waals surface area contributed by atoms with Crippen molar-refractivity contribution in [2.75, 3.05) is 11.4 Å². The van der Waals surface area contributed by atoms with Crippen molar-refractivity contribution in [3.8, 4) is 11.8 Å². The molecule has 4 rings (SSSR count). The van der Waals surface area contributed by atoms with Gasteiger partial charge in [-0.1, -0.05) is 70.2 Å². The molecule has 32 heavy (non-hydrogen) atoms. The minimum Gasteiger partial charge on any atom is -0.352 e. The summed E-state index contributed by atoms with van der Waals surface area (Å²) < 4.78 is 0. The van der Waals surface area contributed by atoms with Gasteiger partial charge >= 0.3 is 0 Å². The molecule has 0 aliphatic carbocycles. The van der Waals surface area contributed by atoms with E-state index in [0.29, 0.717) is 31.5 Å². The summed E-state index contributed by atoms with van der Waals surface area (Å²) in [7, 11) is 0. The summed E-state index contributed by atoms with van der Waals surface area (Å²) >= 11 is 3.40. The maximum atomic E-state index is 13.2. The number of hydrogen-bond acceptors (Lipinski definition) is 2. The summed E-state index contributed by atoms with van der Waals surface area (Å²) in [6.45, 7) is 0.920. The Morgan fingerprint density at radius 3 is 2.38 bits per heavy atom. The fourth-order valence-corrected chi connectivity index (χ4v) is 4.01. The highest BCUT2D eigenvalue weighted by atomic mass is 79.9. The van der Waals surface area contributed by atoms with Crippen LogP contribution in [0, 0.1) is 11.8 Å². The first-order valence-corrected chi connectivity index (χ1v) is 11.7. The number of nitrogens with zero attached hydrogens (tertiary/aromatic N) is 1. The first kappa shape index (κ1) is 21.9. The van der Waals surface area contributed by atoms with Crippen LogP contribution in [0.3, 0.4) is 0 Å². The van der Waals surface area contributed by atoms with Crippen LogP contribution in [-0.2, 0) is 16.7 Å². The van der Waals surface area contributed by atoms with Crippen molar-refractivity contribution in [3.05, 3.63) is 101 Å². The average Bonchev–Trinajstić information content (AvgIpc) is 2.83. The van der Waals surface area contributed by atoms with Gasteiger partial charge < -0.3 is 10.2 Å². The van der Waals surface area contributed by atoms with E-state index in [1.165, 1.54) is 0 Å². The molecular weight excluding hydrogens is 464 g/mol. The zero-order valence-corrected chi connectivity index (χ0v) is 19.2. The van der Waals surface area contributed by atoms with E-state index < -0.39 is 0 Å². The van der Waals surface area contributed by atoms with Crippen LogP contribution in [0.1, 0.15) is 45.5 Å². The molecule has 1 N–H and O–H groups in total. The Kier molecular flexibility index (Phi) is 7.03. The first-order valence-electron chi connectivity index (χ1n) is 10.6. The fraction of sp³-hybridized carbons (Fsp3) is 0.185. The number of alkyl halides is 1. The van der Waals surface area contributed by atoms with Crippen molar-refractivity contribution in [2.24, 2.45) is 0 Å². The topological polar surface area (TPSA) is 49.4 Å². The monoisotopic (exact) mass is 486 g/mol. The number of carbonyl (C=O) groups excluding carboxylic acids is 2. The summed E-state index contributed by atoms with van der Waals surface area (Å²) in [6.07, 6.45) is 0.906. The van der Waals surface area contributed by atoms with Gasteiger partial charge in [-0.25, -0.2) is 0 Å². The van der Waals surface area contributed by atoms with Crippen LogP contribution < -0.4 is 10.2 Å². The van der Waals surface area contributed by atoms with Crippen molar-refractivity contribution in [3.63, 3.8) is 0 Å². The Morgan fingerprint density at radius 1 is 0.906 bits per heavy atom. The highest BCUT2D eigenvalue weighted by Gasteiger charge is 2.20. The summed E-state index contributed by atoms with van der Waals surface area (Å²) in [4.78, 5) is 27.3. The summed E-state index contributed by atoms with van der Waals surface area (Å²) in [6, 6.07) is 23.1. The number of carbonyl (C=O) groups is 2. The molecule has 160 valence electrons. The molecule has 0 fully saturated rings. The van der Waals surface area contributed by atoms with Crippen LogP contribution in [0.2, 0.25) is 0 Å². The molecule has 3 aromatic rings. The van der Waals surface area contributed by atoms with Crippen LogP contribution in [0.4, 0.5) is 5.69 Å². The van der Waals surface area contributed by atoms with Crippen molar-refractivity contribution in [1.29, 1.82) is 0 Å². The second-order valence-electron chi connectivity index (χ2n) is 7.59. The number of para-hydroxylation sites is 1. The van der Waals surface area contributed by atoms with Gasteiger partial charge in [0.2, 0.25) is 5.91 Å². The van der Waals surface area contributed by atoms with Crippen LogP contribution in [0.15, 0.2) is 72.8 Å². The van der Waals surface area contributed by atoms with E-state index in [4.69, 9.17) is 0 Å². The maximum Gasteiger partial charge on any atom is 0.251 e. The minimum atomic E-state index is -0.126. The minimum absolute atomic E-state index is 0.0203. The molecule has 3 aromatic carbocycles. The van der Waals surface area contributed by atoms with Crippen molar-refractivity contribution >= 4 is 33.4 Å². The molecule has 1 aliphatic heterocycles. The van der Waals surface area contributed by atoms with E-state index in [2.05, 4.69) is 33.1 Å². The van der Waals surface area contributed by atoms with Gasteiger partial charge in [0.25, 0.3) is 5.91 Å². The van der Waals surface area contributed by atoms with E-state index in [9.17, 15) is 9.59 Å². The number of nitrogens with one attached hydrogen (secondary N) is 1. The summed E-state index contributed by atoms with van der Waals surface area (Å²) in [5.74, 6) is 6.34. The van der Waals surface area contributed by atoms with E-state index in [1.54, 1.807) is 0 Å². The lowest BCUT2D eigenvalue weighted by molar-refractivity contribution is -0.118. The maximum absolute atomic E-state index is 13.2. The van der Waals surface area contributed by atoms with Gasteiger partial charge in [0.1, 0.15) is 0 Å². The summed E-state index contributed by atoms with van der Waals surface area (Å²) in [5.41, 5.74) is 5.38. The third-order valence-corrected chi connectivity index (χ3v) is 6.04. The van der Waals surface area contributed by atoms with Crippen molar-refractivity contribution < 1.29 is 9.59 Å². The van der Waals surface area contributed by atoms with Crippen LogP contribution in [0.5, 0.6) is 0 Å². The molecule has 0 radical (unpaired) electrons. The van der Waals surface area contributed by atoms with E-state index in [0.717, 1.165) is 33.3 Å². The standard InChI is InChI=1S/C27H23BrN2O2/c28-18-20-11-13-23(14-12-20)27(32)29-17-5-10-26(31)30-19-24-8-2-1-6-21(24)15-16-22-7-3-4-9-25(22)30/h1-4,6-9,11-14H,5,10,17-19H2,(H,29,32). The molecule has 0 atom stereocenters. The fourth-order valence-electron chi connectivity index (χ4n) is 3.63. The zero-order valence-electron chi connectivity index (χ0n) is 17.6. The molecule has 1 heterocycles. The Balaban J connectivity index is 1.40. The second-order valence-corrected chi connectivity index (χ2v) is 8.15. The van der Waals surface area contributed by atoms with Gasteiger partial charge in [0.15, 0.2) is 0 Å². The zero-order chi connectivity index (χ0) is 22.3. The molecule has 4 nitrogen and oxygen atoms in total. The molecule has 0 bridgehead atoms. The van der Waals surface area contributed by atoms with E-state index in [-0.39, 0.29) is 11.8 Å². The number of rotatable bonds is 6. The molecule has 2 amide bonds. The van der Waals surface area contributed by atoms with Gasteiger partial charge in [0.05, 0.1) is 12.2 Å². The third-order valence-electron chi connectivity index (χ3n) is 5.40. The largest absolute Gasteiger partial charge is 0.352 e. The van der Waals surface area contributed by atoms with Crippen molar-refractivity contribution in [2.45, 2.75) is 24.7 Å². The number of anilines is 1. The van der Waals surface area contributed by atoms with Gasteiger partial charge in [0, 0.05) is 35.0 Å². The summed E-state index contributed by atoms with van der Waals surface area (Å²) in [5, 5.41) is 3.66. The van der Waals surface area contributed by atoms with Crippen LogP contribution >= 0.6 is 15.9 Å². The van der Waals surface area contributed by atoms with E-state index >= 15 is 0 Å². The Bertz CT molecular complexity index is 1190. The molecule has 0 spiro atoms. The lowest BCUT2D eigenvalue weighted by Crippen LogP contribution is -2.32. The molecular formula is C27H23BrN2O2. The van der Waals surface area contributed by atoms with Crippen LogP contribution in [0.25, 0.3) is 0 Å². The van der Waals surface area contributed by atoms with E-state index in [1.807, 2.05) is 77.7 Å². The highest BCUT2D eigenvalue weighted by molar-refractivity contribution is 9.08. The normalized spacial score (nSPS) is 11.8. The Morgan fingerprint density at radius 2 is 1.59 bits per heavy atom. The molecule has 1 aliphatic rings. The SMILES string of the molecule is O=C(NCCCC(=O)N1Cc2ccccc2C#Cc2ccccc21)c1ccc(CBr)cc1. The third kappa shape index (κ3) is 5.09. The number of hydrogen-bond donors (Lipinski definition) is 1. The number of fused-ring (bicyclic) bond motifs is 2. The van der Waals surface area contributed by atoms with Gasteiger partial charge in [-0.3, -0.25) is 9.59 Å². The molecule has 5 heteroatoms. The first-order chi connectivity index (χ1) is 15.7. The Labute approximate surface area is 196 Å². The highest BCUT2D eigenvalue weighted by Crippen LogP contribution is 2.26. The number of amides is 2. The smallest absolute Gasteiger partial charge is 0.251 e. The van der Waals surface area contributed by atoms with Crippen molar-refractivity contribution in [1.82, 2.24) is 5.32 Å². The van der Waals surface area contributed by atoms with Crippen LogP contribution in [-0.4, -0.2) is 18.4 Å². The molecule has 0 saturated carbocycles. The molecule has 0 aromatic heterocycles. The quantitative estimate of drug-likeness (QED) is 0.301. The predicted octanol–water partition coefficient (Wildman–Crippen LogP) is 5.04. The lowest BCUT2D eigenvalue weighted by atomic mass is 10.0. The second kappa shape index (κ2) is 10.3. The number of halogens is 1.